The van der Waals surface area contributed by atoms with Crippen LogP contribution in [0.5, 0.6) is 0 Å². The summed E-state index contributed by atoms with van der Waals surface area (Å²) in [6.45, 7) is 1.60. The molecule has 0 fully saturated rings. The molecule has 0 spiro atoms. The fraction of sp³-hybridized carbons (Fsp3) is 0.333. The van der Waals surface area contributed by atoms with Gasteiger partial charge in [0.25, 0.3) is 0 Å². The lowest BCUT2D eigenvalue weighted by Crippen LogP contribution is -2.21. The molecule has 3 heteroatoms. The van der Waals surface area contributed by atoms with E-state index < -0.39 is 5.60 Å². The van der Waals surface area contributed by atoms with Crippen molar-refractivity contribution in [2.75, 3.05) is 0 Å². The number of pyridine rings is 1. The molecule has 0 aliphatic rings. The van der Waals surface area contributed by atoms with Gasteiger partial charge in [-0.2, -0.15) is 0 Å². The van der Waals surface area contributed by atoms with Crippen molar-refractivity contribution >= 4 is 6.29 Å². The molecule has 1 aromatic rings. The average Bonchev–Trinajstić information content (AvgIpc) is 2.06. The van der Waals surface area contributed by atoms with Crippen LogP contribution in [-0.4, -0.2) is 16.4 Å². The molecule has 0 aliphatic carbocycles. The Hall–Kier alpha value is -1.22. The van der Waals surface area contributed by atoms with Crippen molar-refractivity contribution in [3.05, 3.63) is 30.1 Å². The maximum absolute atomic E-state index is 10.2. The predicted molar refractivity (Wildman–Crippen MR) is 44.5 cm³/mol. The van der Waals surface area contributed by atoms with E-state index in [0.717, 1.165) is 0 Å². The second kappa shape index (κ2) is 3.45. The van der Waals surface area contributed by atoms with Gasteiger partial charge in [-0.15, -0.1) is 0 Å². The van der Waals surface area contributed by atoms with Gasteiger partial charge in [0, 0.05) is 24.4 Å². The Kier molecular flexibility index (Phi) is 2.55. The Morgan fingerprint density at radius 2 is 2.50 bits per heavy atom. The number of carbonyl (C=O) groups excluding carboxylic acids is 1. The van der Waals surface area contributed by atoms with Crippen LogP contribution in [0.25, 0.3) is 0 Å². The Morgan fingerprint density at radius 3 is 3.00 bits per heavy atom. The second-order valence-electron chi connectivity index (χ2n) is 2.89. The van der Waals surface area contributed by atoms with Gasteiger partial charge in [0.15, 0.2) is 0 Å². The van der Waals surface area contributed by atoms with Gasteiger partial charge < -0.3 is 9.90 Å². The van der Waals surface area contributed by atoms with E-state index in [1.54, 1.807) is 31.5 Å². The van der Waals surface area contributed by atoms with E-state index >= 15 is 0 Å². The molecule has 1 atom stereocenters. The van der Waals surface area contributed by atoms with Gasteiger partial charge >= 0.3 is 0 Å². The molecule has 64 valence electrons. The molecule has 0 aliphatic heterocycles. The number of rotatable bonds is 3. The van der Waals surface area contributed by atoms with Crippen LogP contribution in [0, 0.1) is 0 Å². The van der Waals surface area contributed by atoms with E-state index in [1.165, 1.54) is 0 Å². The summed E-state index contributed by atoms with van der Waals surface area (Å²) in [6, 6.07) is 3.48. The van der Waals surface area contributed by atoms with Crippen molar-refractivity contribution in [3.63, 3.8) is 0 Å². The smallest absolute Gasteiger partial charge is 0.123 e. The van der Waals surface area contributed by atoms with Crippen LogP contribution in [0.1, 0.15) is 18.9 Å². The third-order valence-electron chi connectivity index (χ3n) is 1.76. The second-order valence-corrected chi connectivity index (χ2v) is 2.89. The molecular formula is C9H11NO2. The highest BCUT2D eigenvalue weighted by atomic mass is 16.3. The maximum atomic E-state index is 10.2. The highest BCUT2D eigenvalue weighted by molar-refractivity contribution is 5.52. The average molecular weight is 165 g/mol. The Bertz CT molecular complexity index is 256. The quantitative estimate of drug-likeness (QED) is 0.676. The molecule has 12 heavy (non-hydrogen) atoms. The normalized spacial score (nSPS) is 15.2. The molecule has 0 amide bonds. The van der Waals surface area contributed by atoms with Crippen LogP contribution in [-0.2, 0) is 10.4 Å². The molecular weight excluding hydrogens is 154 g/mol. The van der Waals surface area contributed by atoms with Crippen LogP contribution in [0.4, 0.5) is 0 Å². The zero-order valence-electron chi connectivity index (χ0n) is 6.90. The lowest BCUT2D eigenvalue weighted by molar-refractivity contribution is -0.112. The first-order valence-corrected chi connectivity index (χ1v) is 3.73. The van der Waals surface area contributed by atoms with Gasteiger partial charge in [-0.25, -0.2) is 0 Å². The van der Waals surface area contributed by atoms with Gasteiger partial charge in [0.1, 0.15) is 6.29 Å². The maximum Gasteiger partial charge on any atom is 0.123 e. The summed E-state index contributed by atoms with van der Waals surface area (Å²) in [5.41, 5.74) is -0.423. The molecule has 1 N–H and O–H groups in total. The first-order chi connectivity index (χ1) is 5.67. The summed E-state index contributed by atoms with van der Waals surface area (Å²) in [4.78, 5) is 14.1. The predicted octanol–water partition coefficient (Wildman–Crippen LogP) is 0.878. The molecule has 1 aromatic heterocycles. The highest BCUT2D eigenvalue weighted by Gasteiger charge is 2.21. The molecule has 0 saturated heterocycles. The van der Waals surface area contributed by atoms with Gasteiger partial charge in [0.2, 0.25) is 0 Å². The van der Waals surface area contributed by atoms with Gasteiger partial charge in [-0.3, -0.25) is 4.98 Å². The van der Waals surface area contributed by atoms with E-state index in [0.29, 0.717) is 11.8 Å². The summed E-state index contributed by atoms with van der Waals surface area (Å²) in [5.74, 6) is 0. The van der Waals surface area contributed by atoms with Crippen molar-refractivity contribution in [2.45, 2.75) is 18.9 Å². The van der Waals surface area contributed by atoms with Crippen LogP contribution >= 0.6 is 0 Å². The summed E-state index contributed by atoms with van der Waals surface area (Å²) in [5, 5.41) is 9.71. The van der Waals surface area contributed by atoms with Gasteiger partial charge in [0.05, 0.1) is 5.60 Å². The summed E-state index contributed by atoms with van der Waals surface area (Å²) in [6.07, 6.45) is 3.98. The summed E-state index contributed by atoms with van der Waals surface area (Å²) >= 11 is 0. The molecule has 1 unspecified atom stereocenters. The minimum absolute atomic E-state index is 0.0959. The minimum atomic E-state index is -1.09. The van der Waals surface area contributed by atoms with E-state index in [9.17, 15) is 9.90 Å². The van der Waals surface area contributed by atoms with Crippen LogP contribution < -0.4 is 0 Å². The molecule has 0 radical (unpaired) electrons. The van der Waals surface area contributed by atoms with E-state index in [1.807, 2.05) is 0 Å². The third-order valence-corrected chi connectivity index (χ3v) is 1.76. The van der Waals surface area contributed by atoms with Crippen LogP contribution in [0.2, 0.25) is 0 Å². The minimum Gasteiger partial charge on any atom is -0.385 e. The lowest BCUT2D eigenvalue weighted by Gasteiger charge is -2.19. The molecule has 0 saturated carbocycles. The van der Waals surface area contributed by atoms with Gasteiger partial charge in [-0.1, -0.05) is 6.07 Å². The fourth-order valence-electron chi connectivity index (χ4n) is 0.961. The number of hydrogen-bond acceptors (Lipinski definition) is 3. The first kappa shape index (κ1) is 8.87. The number of aldehydes is 1. The highest BCUT2D eigenvalue weighted by Crippen LogP contribution is 2.21. The number of nitrogens with zero attached hydrogens (tertiary/aromatic N) is 1. The topological polar surface area (TPSA) is 50.2 Å². The lowest BCUT2D eigenvalue weighted by atomic mass is 9.95. The monoisotopic (exact) mass is 165 g/mol. The number of aromatic nitrogens is 1. The van der Waals surface area contributed by atoms with Crippen molar-refractivity contribution < 1.29 is 9.90 Å². The van der Waals surface area contributed by atoms with Crippen LogP contribution in [0.3, 0.4) is 0 Å². The fourth-order valence-corrected chi connectivity index (χ4v) is 0.961. The summed E-state index contributed by atoms with van der Waals surface area (Å²) in [7, 11) is 0. The van der Waals surface area contributed by atoms with E-state index in [2.05, 4.69) is 4.98 Å². The van der Waals surface area contributed by atoms with E-state index in [4.69, 9.17) is 0 Å². The Labute approximate surface area is 71.1 Å². The van der Waals surface area contributed by atoms with Crippen molar-refractivity contribution in [1.29, 1.82) is 0 Å². The van der Waals surface area contributed by atoms with Crippen LogP contribution in [0.15, 0.2) is 24.5 Å². The molecule has 1 rings (SSSR count). The van der Waals surface area contributed by atoms with Crippen molar-refractivity contribution in [2.24, 2.45) is 0 Å². The first-order valence-electron chi connectivity index (χ1n) is 3.73. The largest absolute Gasteiger partial charge is 0.385 e. The standard InChI is InChI=1S/C9H11NO2/c1-9(12,4-6-11)8-3-2-5-10-7-8/h2-3,5-7,12H,4H2,1H3. The molecule has 0 aromatic carbocycles. The Morgan fingerprint density at radius 1 is 1.75 bits per heavy atom. The van der Waals surface area contributed by atoms with Gasteiger partial charge in [-0.05, 0) is 13.0 Å². The van der Waals surface area contributed by atoms with Crippen molar-refractivity contribution in [3.8, 4) is 0 Å². The zero-order valence-corrected chi connectivity index (χ0v) is 6.90. The summed E-state index contributed by atoms with van der Waals surface area (Å²) < 4.78 is 0. The Balaban J connectivity index is 2.89. The third kappa shape index (κ3) is 1.89. The number of hydrogen-bond donors (Lipinski definition) is 1. The number of carbonyl (C=O) groups is 1. The number of aliphatic hydroxyl groups is 1. The van der Waals surface area contributed by atoms with E-state index in [-0.39, 0.29) is 6.42 Å². The van der Waals surface area contributed by atoms with Crippen molar-refractivity contribution in [1.82, 2.24) is 4.98 Å². The zero-order chi connectivity index (χ0) is 9.03. The molecule has 0 bridgehead atoms. The SMILES string of the molecule is CC(O)(CC=O)c1cccnc1. The molecule has 3 nitrogen and oxygen atoms in total. The molecule has 1 heterocycles.